The molecule has 0 radical (unpaired) electrons. The van der Waals surface area contributed by atoms with Gasteiger partial charge in [0.25, 0.3) is 0 Å². The first-order valence-corrected chi connectivity index (χ1v) is 5.73. The van der Waals surface area contributed by atoms with Crippen LogP contribution in [-0.4, -0.2) is 18.5 Å². The largest absolute Gasteiger partial charge is 0.353 e. The van der Waals surface area contributed by atoms with E-state index >= 15 is 0 Å². The zero-order chi connectivity index (χ0) is 12.0. The van der Waals surface area contributed by atoms with Crippen LogP contribution in [0.3, 0.4) is 0 Å². The predicted molar refractivity (Wildman–Crippen MR) is 66.4 cm³/mol. The normalized spacial score (nSPS) is 12.2. The van der Waals surface area contributed by atoms with Gasteiger partial charge in [-0.25, -0.2) is 0 Å². The first-order chi connectivity index (χ1) is 7.61. The van der Waals surface area contributed by atoms with E-state index in [0.29, 0.717) is 13.0 Å². The van der Waals surface area contributed by atoms with Gasteiger partial charge < -0.3 is 11.1 Å². The van der Waals surface area contributed by atoms with Crippen molar-refractivity contribution >= 4 is 17.5 Å². The number of nitrogens with two attached hydrogens (primary N) is 1. The number of hydrogen-bond acceptors (Lipinski definition) is 2. The molecule has 0 bridgehead atoms. The van der Waals surface area contributed by atoms with Crippen molar-refractivity contribution in [3.05, 3.63) is 34.9 Å². The molecule has 1 atom stereocenters. The molecule has 1 unspecified atom stereocenters. The summed E-state index contributed by atoms with van der Waals surface area (Å²) in [5, 5.41) is 3.62. The highest BCUT2D eigenvalue weighted by molar-refractivity contribution is 6.30. The maximum absolute atomic E-state index is 11.3. The molecular weight excluding hydrogens is 224 g/mol. The molecule has 1 amide bonds. The van der Waals surface area contributed by atoms with Crippen molar-refractivity contribution in [3.63, 3.8) is 0 Å². The van der Waals surface area contributed by atoms with E-state index in [1.54, 1.807) is 0 Å². The molecule has 1 aromatic carbocycles. The smallest absolute Gasteiger partial charge is 0.221 e. The van der Waals surface area contributed by atoms with Crippen LogP contribution in [0.2, 0.25) is 5.02 Å². The molecule has 1 rings (SSSR count). The van der Waals surface area contributed by atoms with Crippen molar-refractivity contribution in [2.75, 3.05) is 6.54 Å². The molecule has 0 aliphatic rings. The van der Waals surface area contributed by atoms with Gasteiger partial charge in [0.05, 0.1) is 0 Å². The van der Waals surface area contributed by atoms with Crippen LogP contribution in [0.1, 0.15) is 18.9 Å². The Balaban J connectivity index is 2.42. The zero-order valence-corrected chi connectivity index (χ0v) is 10.1. The topological polar surface area (TPSA) is 55.1 Å². The van der Waals surface area contributed by atoms with Crippen LogP contribution in [0.4, 0.5) is 0 Å². The SMILES string of the molecule is CC(Cc1ccc(Cl)cc1)NC(=O)CCN. The van der Waals surface area contributed by atoms with E-state index in [1.807, 2.05) is 31.2 Å². The minimum Gasteiger partial charge on any atom is -0.353 e. The maximum Gasteiger partial charge on any atom is 0.221 e. The van der Waals surface area contributed by atoms with E-state index < -0.39 is 0 Å². The number of carbonyl (C=O) groups is 1. The summed E-state index contributed by atoms with van der Waals surface area (Å²) in [6, 6.07) is 7.75. The average molecular weight is 241 g/mol. The van der Waals surface area contributed by atoms with E-state index in [2.05, 4.69) is 5.32 Å². The van der Waals surface area contributed by atoms with E-state index in [0.717, 1.165) is 17.0 Å². The lowest BCUT2D eigenvalue weighted by atomic mass is 10.1. The number of nitrogens with one attached hydrogen (secondary N) is 1. The van der Waals surface area contributed by atoms with Gasteiger partial charge in [-0.3, -0.25) is 4.79 Å². The first-order valence-electron chi connectivity index (χ1n) is 5.35. The fraction of sp³-hybridized carbons (Fsp3) is 0.417. The fourth-order valence-corrected chi connectivity index (χ4v) is 1.63. The molecule has 4 heteroatoms. The highest BCUT2D eigenvalue weighted by atomic mass is 35.5. The molecule has 0 saturated heterocycles. The Morgan fingerprint density at radius 3 is 2.62 bits per heavy atom. The first kappa shape index (κ1) is 13.0. The molecule has 0 saturated carbocycles. The van der Waals surface area contributed by atoms with E-state index in [-0.39, 0.29) is 11.9 Å². The predicted octanol–water partition coefficient (Wildman–Crippen LogP) is 1.74. The molecule has 3 N–H and O–H groups in total. The van der Waals surface area contributed by atoms with Crippen LogP contribution in [0.25, 0.3) is 0 Å². The van der Waals surface area contributed by atoms with Gasteiger partial charge in [-0.1, -0.05) is 23.7 Å². The van der Waals surface area contributed by atoms with Gasteiger partial charge in [0.15, 0.2) is 0 Å². The van der Waals surface area contributed by atoms with Gasteiger partial charge in [0, 0.05) is 24.0 Å². The summed E-state index contributed by atoms with van der Waals surface area (Å²) >= 11 is 5.79. The Kier molecular flexibility index (Phi) is 5.29. The van der Waals surface area contributed by atoms with Crippen LogP contribution in [0.15, 0.2) is 24.3 Å². The number of halogens is 1. The highest BCUT2D eigenvalue weighted by Gasteiger charge is 2.07. The van der Waals surface area contributed by atoms with Gasteiger partial charge >= 0.3 is 0 Å². The lowest BCUT2D eigenvalue weighted by Crippen LogP contribution is -2.35. The second-order valence-corrected chi connectivity index (χ2v) is 4.27. The summed E-state index contributed by atoms with van der Waals surface area (Å²) in [5.74, 6) is 0.00367. The fourth-order valence-electron chi connectivity index (χ4n) is 1.50. The molecule has 1 aromatic rings. The molecule has 0 aliphatic carbocycles. The van der Waals surface area contributed by atoms with Crippen LogP contribution in [-0.2, 0) is 11.2 Å². The van der Waals surface area contributed by atoms with E-state index in [1.165, 1.54) is 0 Å². The summed E-state index contributed by atoms with van der Waals surface area (Å²) < 4.78 is 0. The van der Waals surface area contributed by atoms with Crippen LogP contribution < -0.4 is 11.1 Å². The molecule has 16 heavy (non-hydrogen) atoms. The zero-order valence-electron chi connectivity index (χ0n) is 9.37. The minimum absolute atomic E-state index is 0.00367. The van der Waals surface area contributed by atoms with E-state index in [4.69, 9.17) is 17.3 Å². The quantitative estimate of drug-likeness (QED) is 0.824. The number of hydrogen-bond donors (Lipinski definition) is 2. The summed E-state index contributed by atoms with van der Waals surface area (Å²) in [4.78, 5) is 11.3. The van der Waals surface area contributed by atoms with Gasteiger partial charge in [-0.2, -0.15) is 0 Å². The van der Waals surface area contributed by atoms with Crippen molar-refractivity contribution in [2.45, 2.75) is 25.8 Å². The van der Waals surface area contributed by atoms with Crippen molar-refractivity contribution in [1.82, 2.24) is 5.32 Å². The number of amides is 1. The second-order valence-electron chi connectivity index (χ2n) is 3.84. The molecule has 0 aliphatic heterocycles. The molecule has 0 heterocycles. The van der Waals surface area contributed by atoms with Crippen molar-refractivity contribution < 1.29 is 4.79 Å². The number of carbonyl (C=O) groups excluding carboxylic acids is 1. The Labute approximate surface area is 101 Å². The van der Waals surface area contributed by atoms with Gasteiger partial charge in [-0.15, -0.1) is 0 Å². The monoisotopic (exact) mass is 240 g/mol. The summed E-state index contributed by atoms with van der Waals surface area (Å²) in [7, 11) is 0. The molecular formula is C12H17ClN2O. The summed E-state index contributed by atoms with van der Waals surface area (Å²) in [5.41, 5.74) is 6.46. The van der Waals surface area contributed by atoms with Crippen molar-refractivity contribution in [2.24, 2.45) is 5.73 Å². The van der Waals surface area contributed by atoms with Crippen LogP contribution in [0, 0.1) is 0 Å². The summed E-state index contributed by atoms with van der Waals surface area (Å²) in [6.45, 7) is 2.36. The molecule has 0 spiro atoms. The third kappa shape index (κ3) is 4.64. The minimum atomic E-state index is 0.00367. The third-order valence-electron chi connectivity index (χ3n) is 2.23. The molecule has 3 nitrogen and oxygen atoms in total. The van der Waals surface area contributed by atoms with Crippen molar-refractivity contribution in [3.8, 4) is 0 Å². The van der Waals surface area contributed by atoms with Gasteiger partial charge in [-0.05, 0) is 31.0 Å². The maximum atomic E-state index is 11.3. The van der Waals surface area contributed by atoms with Gasteiger partial charge in [0.1, 0.15) is 0 Å². The Morgan fingerprint density at radius 2 is 2.06 bits per heavy atom. The van der Waals surface area contributed by atoms with Crippen molar-refractivity contribution in [1.29, 1.82) is 0 Å². The number of rotatable bonds is 5. The number of benzene rings is 1. The van der Waals surface area contributed by atoms with Crippen LogP contribution in [0.5, 0.6) is 0 Å². The Bertz CT molecular complexity index is 337. The Morgan fingerprint density at radius 1 is 1.44 bits per heavy atom. The van der Waals surface area contributed by atoms with E-state index in [9.17, 15) is 4.79 Å². The average Bonchev–Trinajstić information content (AvgIpc) is 2.21. The third-order valence-corrected chi connectivity index (χ3v) is 2.49. The summed E-state index contributed by atoms with van der Waals surface area (Å²) in [6.07, 6.45) is 1.18. The highest BCUT2D eigenvalue weighted by Crippen LogP contribution is 2.10. The molecule has 0 aromatic heterocycles. The molecule has 0 fully saturated rings. The van der Waals surface area contributed by atoms with Crippen LogP contribution >= 0.6 is 11.6 Å². The molecule has 88 valence electrons. The van der Waals surface area contributed by atoms with Gasteiger partial charge in [0.2, 0.25) is 5.91 Å². The standard InChI is InChI=1S/C12H17ClN2O/c1-9(15-12(16)6-7-14)8-10-2-4-11(13)5-3-10/h2-5,9H,6-8,14H2,1H3,(H,15,16). The lowest BCUT2D eigenvalue weighted by molar-refractivity contribution is -0.121. The second kappa shape index (κ2) is 6.51. The Hall–Kier alpha value is -1.06. The lowest BCUT2D eigenvalue weighted by Gasteiger charge is -2.13.